The third kappa shape index (κ3) is 1.45. The van der Waals surface area contributed by atoms with Gasteiger partial charge in [-0.05, 0) is 32.2 Å². The molecule has 0 aromatic carbocycles. The first-order chi connectivity index (χ1) is 5.63. The number of carboxylic acids is 1. The van der Waals surface area contributed by atoms with Crippen LogP contribution in [0.4, 0.5) is 0 Å². The van der Waals surface area contributed by atoms with Crippen LogP contribution >= 0.6 is 11.8 Å². The Morgan fingerprint density at radius 1 is 1.75 bits per heavy atom. The second kappa shape index (κ2) is 3.66. The van der Waals surface area contributed by atoms with E-state index >= 15 is 0 Å². The van der Waals surface area contributed by atoms with Gasteiger partial charge in [-0.1, -0.05) is 6.92 Å². The lowest BCUT2D eigenvalue weighted by atomic mass is 10.2. The van der Waals surface area contributed by atoms with E-state index < -0.39 is 10.8 Å². The molecule has 0 saturated carbocycles. The van der Waals surface area contributed by atoms with Crippen LogP contribution in [0.5, 0.6) is 0 Å². The molecule has 1 aliphatic rings. The van der Waals surface area contributed by atoms with Crippen molar-refractivity contribution in [3.05, 3.63) is 0 Å². The SMILES string of the molecule is CCS[C@]1(C(=O)O)CCCN1C. The van der Waals surface area contributed by atoms with E-state index in [0.717, 1.165) is 25.1 Å². The largest absolute Gasteiger partial charge is 0.479 e. The summed E-state index contributed by atoms with van der Waals surface area (Å²) in [5.41, 5.74) is 0. The standard InChI is InChI=1S/C8H15NO2S/c1-3-12-8(7(10)11)5-4-6-9(8)2/h3-6H2,1-2H3,(H,10,11)/t8-/m0/s1. The number of aliphatic carboxylic acids is 1. The van der Waals surface area contributed by atoms with Gasteiger partial charge in [0.15, 0.2) is 4.87 Å². The van der Waals surface area contributed by atoms with Gasteiger partial charge < -0.3 is 5.11 Å². The summed E-state index contributed by atoms with van der Waals surface area (Å²) < 4.78 is 0. The van der Waals surface area contributed by atoms with Gasteiger partial charge >= 0.3 is 5.97 Å². The van der Waals surface area contributed by atoms with Crippen LogP contribution in [0.1, 0.15) is 19.8 Å². The normalized spacial score (nSPS) is 30.8. The van der Waals surface area contributed by atoms with Crippen molar-refractivity contribution in [1.29, 1.82) is 0 Å². The zero-order valence-corrected chi connectivity index (χ0v) is 8.36. The Kier molecular flexibility index (Phi) is 3.01. The lowest BCUT2D eigenvalue weighted by Crippen LogP contribution is -2.45. The molecule has 3 nitrogen and oxygen atoms in total. The summed E-state index contributed by atoms with van der Waals surface area (Å²) >= 11 is 1.53. The van der Waals surface area contributed by atoms with Crippen molar-refractivity contribution in [3.8, 4) is 0 Å². The molecule has 0 aromatic rings. The summed E-state index contributed by atoms with van der Waals surface area (Å²) in [4.78, 5) is 12.4. The minimum atomic E-state index is -0.686. The molecule has 0 bridgehead atoms. The Morgan fingerprint density at radius 3 is 2.75 bits per heavy atom. The van der Waals surface area contributed by atoms with E-state index in [2.05, 4.69) is 0 Å². The van der Waals surface area contributed by atoms with Gasteiger partial charge in [-0.25, -0.2) is 4.79 Å². The maximum atomic E-state index is 11.1. The van der Waals surface area contributed by atoms with E-state index in [1.54, 1.807) is 0 Å². The topological polar surface area (TPSA) is 40.5 Å². The number of hydrogen-bond donors (Lipinski definition) is 1. The van der Waals surface area contributed by atoms with Gasteiger partial charge in [-0.15, -0.1) is 11.8 Å². The van der Waals surface area contributed by atoms with Gasteiger partial charge in [0, 0.05) is 0 Å². The highest BCUT2D eigenvalue weighted by Crippen LogP contribution is 2.38. The molecule has 1 fully saturated rings. The molecule has 1 N–H and O–H groups in total. The van der Waals surface area contributed by atoms with Gasteiger partial charge in [0.2, 0.25) is 0 Å². The number of likely N-dealkylation sites (N-methyl/N-ethyl adjacent to an activating group) is 1. The van der Waals surface area contributed by atoms with E-state index in [9.17, 15) is 4.79 Å². The van der Waals surface area contributed by atoms with Crippen LogP contribution in [0.25, 0.3) is 0 Å². The van der Waals surface area contributed by atoms with Crippen molar-refractivity contribution in [2.45, 2.75) is 24.6 Å². The van der Waals surface area contributed by atoms with Crippen molar-refractivity contribution in [2.24, 2.45) is 0 Å². The molecule has 0 unspecified atom stereocenters. The fraction of sp³-hybridized carbons (Fsp3) is 0.875. The number of carboxylic acid groups (broad SMARTS) is 1. The molecule has 1 heterocycles. The summed E-state index contributed by atoms with van der Waals surface area (Å²) in [5, 5.41) is 9.10. The van der Waals surface area contributed by atoms with Crippen molar-refractivity contribution in [1.82, 2.24) is 4.90 Å². The third-order valence-corrected chi connectivity index (χ3v) is 3.80. The third-order valence-electron chi connectivity index (χ3n) is 2.34. The summed E-state index contributed by atoms with van der Waals surface area (Å²) in [6.45, 7) is 2.90. The molecule has 1 aliphatic heterocycles. The van der Waals surface area contributed by atoms with Gasteiger partial charge in [0.1, 0.15) is 0 Å². The van der Waals surface area contributed by atoms with Crippen molar-refractivity contribution in [3.63, 3.8) is 0 Å². The molecule has 4 heteroatoms. The minimum absolute atomic E-state index is 0.630. The van der Waals surface area contributed by atoms with Crippen LogP contribution in [-0.4, -0.2) is 40.2 Å². The van der Waals surface area contributed by atoms with Gasteiger partial charge in [0.05, 0.1) is 0 Å². The fourth-order valence-electron chi connectivity index (χ4n) is 1.68. The van der Waals surface area contributed by atoms with Crippen LogP contribution < -0.4 is 0 Å². The summed E-state index contributed by atoms with van der Waals surface area (Å²) in [6.07, 6.45) is 1.77. The molecule has 0 aromatic heterocycles. The molecular formula is C8H15NO2S. The molecule has 1 atom stereocenters. The number of likely N-dealkylation sites (tertiary alicyclic amines) is 1. The highest BCUT2D eigenvalue weighted by molar-refractivity contribution is 8.01. The highest BCUT2D eigenvalue weighted by atomic mass is 32.2. The zero-order valence-electron chi connectivity index (χ0n) is 7.54. The van der Waals surface area contributed by atoms with E-state index in [1.807, 2.05) is 18.9 Å². The lowest BCUT2D eigenvalue weighted by molar-refractivity contribution is -0.143. The smallest absolute Gasteiger partial charge is 0.334 e. The Balaban J connectivity index is 2.77. The Hall–Kier alpha value is -0.220. The van der Waals surface area contributed by atoms with Crippen molar-refractivity contribution < 1.29 is 9.90 Å². The molecule has 12 heavy (non-hydrogen) atoms. The first-order valence-electron chi connectivity index (χ1n) is 4.22. The quantitative estimate of drug-likeness (QED) is 0.725. The number of nitrogens with zero attached hydrogens (tertiary/aromatic N) is 1. The Bertz CT molecular complexity index is 186. The number of thioether (sulfide) groups is 1. The first-order valence-corrected chi connectivity index (χ1v) is 5.20. The molecule has 0 amide bonds. The second-order valence-corrected chi connectivity index (χ2v) is 4.59. The molecular weight excluding hydrogens is 174 g/mol. The molecule has 0 spiro atoms. The summed E-state index contributed by atoms with van der Waals surface area (Å²) in [7, 11) is 1.89. The van der Waals surface area contributed by atoms with Crippen molar-refractivity contribution >= 4 is 17.7 Å². The monoisotopic (exact) mass is 189 g/mol. The maximum Gasteiger partial charge on any atom is 0.334 e. The zero-order chi connectivity index (χ0) is 9.19. The highest BCUT2D eigenvalue weighted by Gasteiger charge is 2.45. The average Bonchev–Trinajstić information content (AvgIpc) is 2.34. The predicted molar refractivity (Wildman–Crippen MR) is 50.4 cm³/mol. The van der Waals surface area contributed by atoms with Crippen LogP contribution in [0.2, 0.25) is 0 Å². The number of carbonyl (C=O) groups is 1. The average molecular weight is 189 g/mol. The lowest BCUT2D eigenvalue weighted by Gasteiger charge is -2.30. The minimum Gasteiger partial charge on any atom is -0.479 e. The van der Waals surface area contributed by atoms with Crippen LogP contribution in [-0.2, 0) is 4.79 Å². The molecule has 0 aliphatic carbocycles. The van der Waals surface area contributed by atoms with Crippen LogP contribution in [0, 0.1) is 0 Å². The molecule has 1 saturated heterocycles. The van der Waals surface area contributed by atoms with Crippen LogP contribution in [0.15, 0.2) is 0 Å². The van der Waals surface area contributed by atoms with Gasteiger partial charge in [-0.3, -0.25) is 4.90 Å². The second-order valence-electron chi connectivity index (χ2n) is 3.05. The molecule has 1 rings (SSSR count). The van der Waals surface area contributed by atoms with Crippen molar-refractivity contribution in [2.75, 3.05) is 19.3 Å². The first kappa shape index (κ1) is 9.86. The summed E-state index contributed by atoms with van der Waals surface area (Å²) in [5.74, 6) is 0.172. The maximum absolute atomic E-state index is 11.1. The Labute approximate surface area is 77.1 Å². The fourth-order valence-corrected chi connectivity index (χ4v) is 2.88. The predicted octanol–water partition coefficient (Wildman–Crippen LogP) is 1.25. The Morgan fingerprint density at radius 2 is 2.42 bits per heavy atom. The van der Waals surface area contributed by atoms with E-state index in [1.165, 1.54) is 11.8 Å². The van der Waals surface area contributed by atoms with Gasteiger partial charge in [-0.2, -0.15) is 0 Å². The van der Waals surface area contributed by atoms with Gasteiger partial charge in [0.25, 0.3) is 0 Å². The summed E-state index contributed by atoms with van der Waals surface area (Å²) in [6, 6.07) is 0. The van der Waals surface area contributed by atoms with E-state index in [0.29, 0.717) is 0 Å². The molecule has 0 radical (unpaired) electrons. The molecule has 70 valence electrons. The van der Waals surface area contributed by atoms with E-state index in [-0.39, 0.29) is 0 Å². The van der Waals surface area contributed by atoms with E-state index in [4.69, 9.17) is 5.11 Å². The number of hydrogen-bond acceptors (Lipinski definition) is 3. The number of rotatable bonds is 3. The van der Waals surface area contributed by atoms with Crippen LogP contribution in [0.3, 0.4) is 0 Å².